The molecule has 2 atom stereocenters. The van der Waals surface area contributed by atoms with Crippen molar-refractivity contribution >= 4 is 22.8 Å². The van der Waals surface area contributed by atoms with E-state index in [9.17, 15) is 9.59 Å². The fourth-order valence-corrected chi connectivity index (χ4v) is 3.85. The van der Waals surface area contributed by atoms with Gasteiger partial charge in [-0.05, 0) is 31.0 Å². The van der Waals surface area contributed by atoms with Gasteiger partial charge in [0.25, 0.3) is 0 Å². The molecule has 0 fully saturated rings. The van der Waals surface area contributed by atoms with Crippen LogP contribution in [0.25, 0.3) is 10.9 Å². The molecule has 1 aromatic heterocycles. The summed E-state index contributed by atoms with van der Waals surface area (Å²) in [5.41, 5.74) is 4.32. The van der Waals surface area contributed by atoms with Crippen LogP contribution in [0.5, 0.6) is 0 Å². The van der Waals surface area contributed by atoms with Crippen molar-refractivity contribution in [3.8, 4) is 0 Å². The zero-order valence-corrected chi connectivity index (χ0v) is 15.4. The van der Waals surface area contributed by atoms with Crippen molar-refractivity contribution < 1.29 is 14.3 Å². The standard InChI is InChI=1S/C20H24N2O3/c1-12(2)9-17-15-7-6-8-16-19(15)14(11-21(16)4)10-18(20(24)25-5)22(17)13(3)23/h6-9,11,17-18H,10H2,1-5H3. The van der Waals surface area contributed by atoms with Gasteiger partial charge in [0.15, 0.2) is 0 Å². The number of aromatic nitrogens is 1. The number of hydrogen-bond donors (Lipinski definition) is 0. The van der Waals surface area contributed by atoms with Gasteiger partial charge in [0, 0.05) is 37.5 Å². The van der Waals surface area contributed by atoms with E-state index in [2.05, 4.69) is 10.6 Å². The van der Waals surface area contributed by atoms with E-state index in [0.717, 1.165) is 27.6 Å². The number of rotatable bonds is 2. The molecule has 2 unspecified atom stereocenters. The smallest absolute Gasteiger partial charge is 0.328 e. The van der Waals surface area contributed by atoms with E-state index >= 15 is 0 Å². The first-order chi connectivity index (χ1) is 11.8. The van der Waals surface area contributed by atoms with Crippen LogP contribution in [-0.4, -0.2) is 34.5 Å². The summed E-state index contributed by atoms with van der Waals surface area (Å²) in [5.74, 6) is -0.517. The summed E-state index contributed by atoms with van der Waals surface area (Å²) < 4.78 is 7.10. The summed E-state index contributed by atoms with van der Waals surface area (Å²) in [6.45, 7) is 5.52. The number of nitrogens with zero attached hydrogens (tertiary/aromatic N) is 2. The van der Waals surface area contributed by atoms with Crippen molar-refractivity contribution in [2.75, 3.05) is 7.11 Å². The van der Waals surface area contributed by atoms with E-state index in [-0.39, 0.29) is 17.9 Å². The number of benzene rings is 1. The number of methoxy groups -OCH3 is 1. The van der Waals surface area contributed by atoms with Crippen LogP contribution >= 0.6 is 0 Å². The number of esters is 1. The highest BCUT2D eigenvalue weighted by atomic mass is 16.5. The van der Waals surface area contributed by atoms with E-state index in [0.29, 0.717) is 6.42 Å². The summed E-state index contributed by atoms with van der Waals surface area (Å²) in [4.78, 5) is 26.7. The lowest BCUT2D eigenvalue weighted by Crippen LogP contribution is -2.46. The lowest BCUT2D eigenvalue weighted by molar-refractivity contribution is -0.153. The molecule has 0 radical (unpaired) electrons. The second kappa shape index (κ2) is 6.39. The van der Waals surface area contributed by atoms with Gasteiger partial charge < -0.3 is 14.2 Å². The van der Waals surface area contributed by atoms with Crippen molar-refractivity contribution in [2.24, 2.45) is 7.05 Å². The average molecular weight is 340 g/mol. The van der Waals surface area contributed by atoms with Crippen LogP contribution in [0.2, 0.25) is 0 Å². The minimum Gasteiger partial charge on any atom is -0.467 e. The number of ether oxygens (including phenoxy) is 1. The molecule has 1 aliphatic rings. The Kier molecular flexibility index (Phi) is 4.41. The molecule has 1 aromatic carbocycles. The van der Waals surface area contributed by atoms with Gasteiger partial charge >= 0.3 is 5.97 Å². The van der Waals surface area contributed by atoms with Crippen molar-refractivity contribution in [3.63, 3.8) is 0 Å². The Morgan fingerprint density at radius 1 is 1.24 bits per heavy atom. The Hall–Kier alpha value is -2.56. The third kappa shape index (κ3) is 2.84. The number of carbonyl (C=O) groups is 2. The van der Waals surface area contributed by atoms with Crippen LogP contribution in [0.15, 0.2) is 36.0 Å². The number of aryl methyl sites for hydroxylation is 1. The minimum absolute atomic E-state index is 0.135. The zero-order valence-electron chi connectivity index (χ0n) is 15.4. The van der Waals surface area contributed by atoms with E-state index in [4.69, 9.17) is 4.74 Å². The summed E-state index contributed by atoms with van der Waals surface area (Å²) in [6.07, 6.45) is 4.55. The fraction of sp³-hybridized carbons (Fsp3) is 0.400. The Labute approximate surface area is 147 Å². The van der Waals surface area contributed by atoms with Gasteiger partial charge in [-0.2, -0.15) is 0 Å². The molecule has 5 nitrogen and oxygen atoms in total. The summed E-state index contributed by atoms with van der Waals surface area (Å²) >= 11 is 0. The van der Waals surface area contributed by atoms with Crippen molar-refractivity contribution in [1.29, 1.82) is 0 Å². The number of allylic oxidation sites excluding steroid dienone is 1. The normalized spacial score (nSPS) is 19.5. The predicted molar refractivity (Wildman–Crippen MR) is 97.1 cm³/mol. The molecule has 3 rings (SSSR count). The van der Waals surface area contributed by atoms with Crippen LogP contribution < -0.4 is 0 Å². The van der Waals surface area contributed by atoms with Gasteiger partial charge in [-0.15, -0.1) is 0 Å². The van der Waals surface area contributed by atoms with Crippen LogP contribution in [0, 0.1) is 0 Å². The SMILES string of the molecule is COC(=O)C1Cc2cn(C)c3cccc(c23)C(C=C(C)C)N1C(C)=O. The van der Waals surface area contributed by atoms with Gasteiger partial charge in [-0.25, -0.2) is 4.79 Å². The molecule has 0 N–H and O–H groups in total. The largest absolute Gasteiger partial charge is 0.467 e. The van der Waals surface area contributed by atoms with Gasteiger partial charge in [-0.1, -0.05) is 23.8 Å². The van der Waals surface area contributed by atoms with Gasteiger partial charge in [0.05, 0.1) is 13.2 Å². The second-order valence-corrected chi connectivity index (χ2v) is 6.86. The van der Waals surface area contributed by atoms with E-state index < -0.39 is 6.04 Å². The topological polar surface area (TPSA) is 51.5 Å². The Balaban J connectivity index is 2.33. The highest BCUT2D eigenvalue weighted by Crippen LogP contribution is 2.38. The second-order valence-electron chi connectivity index (χ2n) is 6.86. The van der Waals surface area contributed by atoms with Crippen LogP contribution in [0.1, 0.15) is 37.9 Å². The fourth-order valence-electron chi connectivity index (χ4n) is 3.85. The summed E-state index contributed by atoms with van der Waals surface area (Å²) in [6, 6.07) is 5.19. The molecule has 2 aromatic rings. The number of hydrogen-bond acceptors (Lipinski definition) is 3. The molecule has 0 saturated heterocycles. The molecule has 0 aliphatic carbocycles. The van der Waals surface area contributed by atoms with Crippen molar-refractivity contribution in [1.82, 2.24) is 9.47 Å². The van der Waals surface area contributed by atoms with Gasteiger partial charge in [0.2, 0.25) is 5.91 Å². The zero-order chi connectivity index (χ0) is 18.3. The van der Waals surface area contributed by atoms with Crippen LogP contribution in [0.4, 0.5) is 0 Å². The van der Waals surface area contributed by atoms with Crippen LogP contribution in [-0.2, 0) is 27.8 Å². The lowest BCUT2D eigenvalue weighted by Gasteiger charge is -2.33. The Morgan fingerprint density at radius 3 is 2.56 bits per heavy atom. The van der Waals surface area contributed by atoms with Crippen molar-refractivity contribution in [2.45, 2.75) is 39.3 Å². The first-order valence-electron chi connectivity index (χ1n) is 8.43. The third-order valence-electron chi connectivity index (χ3n) is 4.82. The molecule has 1 aliphatic heterocycles. The predicted octanol–water partition coefficient (Wildman–Crippen LogP) is 3.13. The maximum atomic E-state index is 12.5. The Bertz CT molecular complexity index is 874. The monoisotopic (exact) mass is 340 g/mol. The molecule has 132 valence electrons. The highest BCUT2D eigenvalue weighted by molar-refractivity contribution is 5.92. The molecule has 0 bridgehead atoms. The molecular formula is C20H24N2O3. The number of carbonyl (C=O) groups excluding carboxylic acids is 2. The molecule has 5 heteroatoms. The quantitative estimate of drug-likeness (QED) is 0.623. The van der Waals surface area contributed by atoms with E-state index in [1.807, 2.05) is 45.3 Å². The summed E-state index contributed by atoms with van der Waals surface area (Å²) in [7, 11) is 3.37. The molecule has 0 spiro atoms. The summed E-state index contributed by atoms with van der Waals surface area (Å²) in [5, 5.41) is 1.13. The van der Waals surface area contributed by atoms with E-state index in [1.54, 1.807) is 4.90 Å². The van der Waals surface area contributed by atoms with Crippen LogP contribution in [0.3, 0.4) is 0 Å². The van der Waals surface area contributed by atoms with Gasteiger partial charge in [-0.3, -0.25) is 4.79 Å². The Morgan fingerprint density at radius 2 is 1.96 bits per heavy atom. The molecule has 25 heavy (non-hydrogen) atoms. The average Bonchev–Trinajstić information content (AvgIpc) is 2.80. The maximum Gasteiger partial charge on any atom is 0.328 e. The lowest BCUT2D eigenvalue weighted by atomic mass is 9.98. The van der Waals surface area contributed by atoms with Crippen molar-refractivity contribution in [3.05, 3.63) is 47.2 Å². The highest BCUT2D eigenvalue weighted by Gasteiger charge is 2.38. The first kappa shape index (κ1) is 17.3. The molecule has 0 saturated carbocycles. The molecule has 1 amide bonds. The third-order valence-corrected chi connectivity index (χ3v) is 4.82. The number of amides is 1. The minimum atomic E-state index is -0.638. The van der Waals surface area contributed by atoms with Gasteiger partial charge in [0.1, 0.15) is 6.04 Å². The first-order valence-corrected chi connectivity index (χ1v) is 8.43. The molecule has 2 heterocycles. The molecular weight excluding hydrogens is 316 g/mol. The maximum absolute atomic E-state index is 12.5. The van der Waals surface area contributed by atoms with E-state index in [1.165, 1.54) is 14.0 Å².